The van der Waals surface area contributed by atoms with Crippen molar-refractivity contribution in [2.75, 3.05) is 13.2 Å². The first-order valence-electron chi connectivity index (χ1n) is 8.17. The van der Waals surface area contributed by atoms with E-state index in [1.807, 2.05) is 41.8 Å². The van der Waals surface area contributed by atoms with E-state index >= 15 is 0 Å². The number of hydrogen-bond donors (Lipinski definition) is 1. The third-order valence-electron chi connectivity index (χ3n) is 3.85. The molecule has 0 atom stereocenters. The third kappa shape index (κ3) is 3.97. The molecular formula is C19H20N2O4. The minimum atomic E-state index is -0.965. The maximum Gasteiger partial charge on any atom is 0.335 e. The number of aromatic carboxylic acids is 1. The molecule has 130 valence electrons. The maximum absolute atomic E-state index is 11.2. The Labute approximate surface area is 145 Å². The first-order chi connectivity index (χ1) is 12.2. The Hall–Kier alpha value is -2.86. The molecule has 0 spiro atoms. The zero-order chi connectivity index (χ0) is 17.6. The quantitative estimate of drug-likeness (QED) is 0.637. The Morgan fingerprint density at radius 3 is 2.72 bits per heavy atom. The molecule has 3 aromatic rings. The van der Waals surface area contributed by atoms with Crippen LogP contribution in [0.25, 0.3) is 11.0 Å². The van der Waals surface area contributed by atoms with Gasteiger partial charge in [-0.3, -0.25) is 0 Å². The number of aromatic nitrogens is 2. The Kier molecular flexibility index (Phi) is 5.30. The molecule has 0 aliphatic heterocycles. The maximum atomic E-state index is 11.2. The molecule has 0 saturated heterocycles. The van der Waals surface area contributed by atoms with Crippen molar-refractivity contribution >= 4 is 17.0 Å². The van der Waals surface area contributed by atoms with Crippen LogP contribution < -0.4 is 4.74 Å². The van der Waals surface area contributed by atoms with E-state index in [4.69, 9.17) is 14.6 Å². The average molecular weight is 340 g/mol. The summed E-state index contributed by atoms with van der Waals surface area (Å²) < 4.78 is 13.3. The first-order valence-corrected chi connectivity index (χ1v) is 8.17. The largest absolute Gasteiger partial charge is 0.486 e. The fourth-order valence-electron chi connectivity index (χ4n) is 2.64. The van der Waals surface area contributed by atoms with Gasteiger partial charge in [0.15, 0.2) is 0 Å². The Bertz CT molecular complexity index is 858. The van der Waals surface area contributed by atoms with Crippen molar-refractivity contribution in [1.82, 2.24) is 9.55 Å². The van der Waals surface area contributed by atoms with Crippen LogP contribution in [0.15, 0.2) is 48.5 Å². The van der Waals surface area contributed by atoms with Gasteiger partial charge < -0.3 is 19.1 Å². The number of imidazole rings is 1. The lowest BCUT2D eigenvalue weighted by atomic mass is 10.2. The van der Waals surface area contributed by atoms with Gasteiger partial charge >= 0.3 is 5.97 Å². The summed E-state index contributed by atoms with van der Waals surface area (Å²) in [6.45, 7) is 4.08. The number of benzene rings is 2. The summed E-state index contributed by atoms with van der Waals surface area (Å²) in [4.78, 5) is 15.7. The van der Waals surface area contributed by atoms with Crippen LogP contribution in [-0.4, -0.2) is 33.8 Å². The van der Waals surface area contributed by atoms with E-state index in [0.29, 0.717) is 31.9 Å². The summed E-state index contributed by atoms with van der Waals surface area (Å²) in [7, 11) is 0. The monoisotopic (exact) mass is 340 g/mol. The van der Waals surface area contributed by atoms with Crippen LogP contribution in [0, 0.1) is 0 Å². The van der Waals surface area contributed by atoms with Crippen LogP contribution >= 0.6 is 0 Å². The molecule has 6 nitrogen and oxygen atoms in total. The molecule has 0 bridgehead atoms. The topological polar surface area (TPSA) is 73.6 Å². The van der Waals surface area contributed by atoms with E-state index in [1.54, 1.807) is 18.2 Å². The minimum Gasteiger partial charge on any atom is -0.486 e. The number of ether oxygens (including phenoxy) is 2. The highest BCUT2D eigenvalue weighted by Crippen LogP contribution is 2.20. The van der Waals surface area contributed by atoms with Crippen LogP contribution in [0.4, 0.5) is 0 Å². The van der Waals surface area contributed by atoms with E-state index < -0.39 is 5.97 Å². The molecule has 1 heterocycles. The highest BCUT2D eigenvalue weighted by Gasteiger charge is 2.13. The van der Waals surface area contributed by atoms with Crippen molar-refractivity contribution < 1.29 is 19.4 Å². The summed E-state index contributed by atoms with van der Waals surface area (Å²) in [5.41, 5.74) is 1.73. The van der Waals surface area contributed by atoms with Gasteiger partial charge in [0.1, 0.15) is 18.2 Å². The number of carboxylic acid groups (broad SMARTS) is 1. The van der Waals surface area contributed by atoms with Gasteiger partial charge in [-0.05, 0) is 37.3 Å². The fraction of sp³-hybridized carbons (Fsp3) is 0.263. The van der Waals surface area contributed by atoms with Crippen molar-refractivity contribution in [1.29, 1.82) is 0 Å². The van der Waals surface area contributed by atoms with Crippen molar-refractivity contribution in [3.8, 4) is 5.75 Å². The van der Waals surface area contributed by atoms with E-state index in [2.05, 4.69) is 4.98 Å². The third-order valence-corrected chi connectivity index (χ3v) is 3.85. The van der Waals surface area contributed by atoms with Gasteiger partial charge in [0.2, 0.25) is 0 Å². The number of carboxylic acids is 1. The van der Waals surface area contributed by atoms with Crippen molar-refractivity contribution in [2.24, 2.45) is 0 Å². The Morgan fingerprint density at radius 2 is 2.00 bits per heavy atom. The minimum absolute atomic E-state index is 0.220. The number of hydrogen-bond acceptors (Lipinski definition) is 4. The summed E-state index contributed by atoms with van der Waals surface area (Å²) in [6, 6.07) is 14.5. The van der Waals surface area contributed by atoms with Gasteiger partial charge in [-0.15, -0.1) is 0 Å². The molecule has 0 aliphatic carbocycles. The first kappa shape index (κ1) is 17.0. The van der Waals surface area contributed by atoms with E-state index in [1.165, 1.54) is 0 Å². The molecule has 0 saturated carbocycles. The smallest absolute Gasteiger partial charge is 0.335 e. The SMILES string of the molecule is CCOCCn1c(COc2ccccc2)nc2cc(C(=O)O)ccc21. The second-order valence-corrected chi connectivity index (χ2v) is 5.49. The van der Waals surface area contributed by atoms with Crippen LogP contribution in [0.2, 0.25) is 0 Å². The van der Waals surface area contributed by atoms with Crippen LogP contribution in [0.1, 0.15) is 23.1 Å². The van der Waals surface area contributed by atoms with Gasteiger partial charge in [-0.2, -0.15) is 0 Å². The highest BCUT2D eigenvalue weighted by atomic mass is 16.5. The number of rotatable bonds is 8. The summed E-state index contributed by atoms with van der Waals surface area (Å²) >= 11 is 0. The van der Waals surface area contributed by atoms with E-state index in [-0.39, 0.29) is 5.56 Å². The van der Waals surface area contributed by atoms with E-state index in [9.17, 15) is 4.79 Å². The summed E-state index contributed by atoms with van der Waals surface area (Å²) in [5, 5.41) is 9.17. The molecule has 3 rings (SSSR count). The second kappa shape index (κ2) is 7.81. The zero-order valence-electron chi connectivity index (χ0n) is 14.0. The predicted molar refractivity (Wildman–Crippen MR) is 94.0 cm³/mol. The lowest BCUT2D eigenvalue weighted by molar-refractivity contribution is 0.0697. The lowest BCUT2D eigenvalue weighted by Gasteiger charge is -2.10. The number of fused-ring (bicyclic) bond motifs is 1. The Morgan fingerprint density at radius 1 is 1.20 bits per heavy atom. The van der Waals surface area contributed by atoms with Gasteiger partial charge in [-0.1, -0.05) is 18.2 Å². The number of nitrogens with zero attached hydrogens (tertiary/aromatic N) is 2. The van der Waals surface area contributed by atoms with Gasteiger partial charge in [-0.25, -0.2) is 9.78 Å². The van der Waals surface area contributed by atoms with Crippen molar-refractivity contribution in [3.63, 3.8) is 0 Å². The van der Waals surface area contributed by atoms with Gasteiger partial charge in [0.25, 0.3) is 0 Å². The summed E-state index contributed by atoms with van der Waals surface area (Å²) in [6.07, 6.45) is 0. The standard InChI is InChI=1S/C19H20N2O4/c1-2-24-11-10-21-17-9-8-14(19(22)23)12-16(17)20-18(21)13-25-15-6-4-3-5-7-15/h3-9,12H,2,10-11,13H2,1H3,(H,22,23). The molecule has 2 aromatic carbocycles. The van der Waals surface area contributed by atoms with Crippen LogP contribution in [0.3, 0.4) is 0 Å². The lowest BCUT2D eigenvalue weighted by Crippen LogP contribution is -2.11. The normalized spacial score (nSPS) is 10.9. The van der Waals surface area contributed by atoms with E-state index in [0.717, 1.165) is 17.1 Å². The molecule has 1 aromatic heterocycles. The molecule has 0 fully saturated rings. The predicted octanol–water partition coefficient (Wildman–Crippen LogP) is 3.35. The van der Waals surface area contributed by atoms with Gasteiger partial charge in [0, 0.05) is 13.2 Å². The molecule has 0 unspecified atom stereocenters. The Balaban J connectivity index is 1.90. The molecule has 1 N–H and O–H groups in total. The average Bonchev–Trinajstić information content (AvgIpc) is 2.98. The molecule has 0 amide bonds. The molecule has 0 aliphatic rings. The molecule has 0 radical (unpaired) electrons. The molecule has 25 heavy (non-hydrogen) atoms. The number of para-hydroxylation sites is 1. The number of carbonyl (C=O) groups is 1. The molecular weight excluding hydrogens is 320 g/mol. The second-order valence-electron chi connectivity index (χ2n) is 5.49. The van der Waals surface area contributed by atoms with Crippen LogP contribution in [0.5, 0.6) is 5.75 Å². The highest BCUT2D eigenvalue weighted by molar-refractivity contribution is 5.92. The van der Waals surface area contributed by atoms with Crippen LogP contribution in [-0.2, 0) is 17.9 Å². The zero-order valence-corrected chi connectivity index (χ0v) is 14.0. The van der Waals surface area contributed by atoms with Crippen molar-refractivity contribution in [2.45, 2.75) is 20.1 Å². The van der Waals surface area contributed by atoms with Crippen molar-refractivity contribution in [3.05, 3.63) is 59.9 Å². The van der Waals surface area contributed by atoms with Gasteiger partial charge in [0.05, 0.1) is 23.2 Å². The summed E-state index contributed by atoms with van der Waals surface area (Å²) in [5.74, 6) is 0.533. The molecule has 6 heteroatoms. The fourth-order valence-corrected chi connectivity index (χ4v) is 2.64.